The molecule has 7 heteroatoms. The zero-order chi connectivity index (χ0) is 25.0. The Morgan fingerprint density at radius 2 is 1.34 bits per heavy atom. The molecule has 2 N–H and O–H groups in total. The van der Waals surface area contributed by atoms with Crippen molar-refractivity contribution in [2.75, 3.05) is 7.11 Å². The molecule has 0 radical (unpaired) electrons. The average Bonchev–Trinajstić information content (AvgIpc) is 2.87. The lowest BCUT2D eigenvalue weighted by molar-refractivity contribution is -0.145. The predicted octanol–water partition coefficient (Wildman–Crippen LogP) is 3.73. The largest absolute Gasteiger partial charge is 0.467 e. The molecule has 0 spiro atoms. The minimum Gasteiger partial charge on any atom is -0.467 e. The van der Waals surface area contributed by atoms with Gasteiger partial charge in [-0.1, -0.05) is 90.5 Å². The molecule has 3 rings (SSSR count). The number of carbonyl (C=O) groups excluding carboxylic acids is 3. The third-order valence-corrected chi connectivity index (χ3v) is 5.43. The van der Waals surface area contributed by atoms with Gasteiger partial charge in [0.15, 0.2) is 0 Å². The fraction of sp³-hybridized carbons (Fsp3) is 0.250. The Balaban J connectivity index is 1.71. The Morgan fingerprint density at radius 1 is 0.743 bits per heavy atom. The first-order valence-corrected chi connectivity index (χ1v) is 11.4. The molecule has 0 fully saturated rings. The van der Waals surface area contributed by atoms with Gasteiger partial charge in [0.2, 0.25) is 5.91 Å². The van der Waals surface area contributed by atoms with E-state index in [1.54, 1.807) is 0 Å². The Kier molecular flexibility index (Phi) is 9.42. The second-order valence-corrected chi connectivity index (χ2v) is 8.23. The smallest absolute Gasteiger partial charge is 0.408 e. The van der Waals surface area contributed by atoms with Crippen molar-refractivity contribution in [2.45, 2.75) is 38.5 Å². The maximum absolute atomic E-state index is 13.3. The Bertz CT molecular complexity index is 1120. The molecule has 7 nitrogen and oxygen atoms in total. The lowest BCUT2D eigenvalue weighted by atomic mass is 10.0. The van der Waals surface area contributed by atoms with E-state index in [2.05, 4.69) is 10.6 Å². The number of ether oxygens (including phenoxy) is 2. The molecule has 3 aromatic carbocycles. The first kappa shape index (κ1) is 25.5. The van der Waals surface area contributed by atoms with E-state index in [9.17, 15) is 14.4 Å². The van der Waals surface area contributed by atoms with Crippen molar-refractivity contribution in [1.29, 1.82) is 0 Å². The molecule has 3 aromatic rings. The van der Waals surface area contributed by atoms with Crippen molar-refractivity contribution >= 4 is 18.0 Å². The second kappa shape index (κ2) is 12.9. The van der Waals surface area contributed by atoms with Crippen LogP contribution in [0.1, 0.15) is 22.3 Å². The molecule has 2 atom stereocenters. The molecule has 0 saturated carbocycles. The number of hydrogen-bond donors (Lipinski definition) is 2. The summed E-state index contributed by atoms with van der Waals surface area (Å²) in [6, 6.07) is 24.4. The van der Waals surface area contributed by atoms with Crippen molar-refractivity contribution in [1.82, 2.24) is 10.6 Å². The monoisotopic (exact) mass is 474 g/mol. The molecule has 0 aliphatic heterocycles. The van der Waals surface area contributed by atoms with Crippen LogP contribution in [0, 0.1) is 6.92 Å². The number of carbonyl (C=O) groups is 3. The van der Waals surface area contributed by atoms with Gasteiger partial charge in [-0.25, -0.2) is 9.59 Å². The second-order valence-electron chi connectivity index (χ2n) is 8.23. The van der Waals surface area contributed by atoms with Gasteiger partial charge >= 0.3 is 12.1 Å². The normalized spacial score (nSPS) is 12.2. The molecule has 0 aliphatic carbocycles. The van der Waals surface area contributed by atoms with Crippen LogP contribution < -0.4 is 10.6 Å². The van der Waals surface area contributed by atoms with Crippen LogP contribution in [0.3, 0.4) is 0 Å². The van der Waals surface area contributed by atoms with E-state index < -0.39 is 30.1 Å². The molecule has 182 valence electrons. The summed E-state index contributed by atoms with van der Waals surface area (Å²) in [6.07, 6.45) is -0.236. The van der Waals surface area contributed by atoms with Crippen molar-refractivity contribution in [2.24, 2.45) is 0 Å². The highest BCUT2D eigenvalue weighted by Gasteiger charge is 2.28. The summed E-state index contributed by atoms with van der Waals surface area (Å²) in [4.78, 5) is 38.2. The number of hydrogen-bond acceptors (Lipinski definition) is 5. The maximum atomic E-state index is 13.3. The van der Waals surface area contributed by atoms with E-state index in [0.717, 1.165) is 22.3 Å². The number of rotatable bonds is 10. The summed E-state index contributed by atoms with van der Waals surface area (Å²) in [5, 5.41) is 5.40. The summed E-state index contributed by atoms with van der Waals surface area (Å²) in [6.45, 7) is 2.03. The molecule has 0 heterocycles. The predicted molar refractivity (Wildman–Crippen MR) is 133 cm³/mol. The first-order chi connectivity index (χ1) is 16.9. The standard InChI is InChI=1S/C28H30N2O5/c1-20-10-9-15-23(16-20)18-25(27(32)34-2)29-26(31)24(17-21-11-5-3-6-12-21)30-28(33)35-19-22-13-7-4-8-14-22/h3-16,24-25H,17-19H2,1-2H3,(H,29,31)(H,30,33)/t24-,25-/m1/s1. The Morgan fingerprint density at radius 3 is 1.97 bits per heavy atom. The fourth-order valence-electron chi connectivity index (χ4n) is 3.65. The first-order valence-electron chi connectivity index (χ1n) is 11.4. The Hall–Kier alpha value is -4.13. The molecule has 0 unspecified atom stereocenters. The number of alkyl carbamates (subject to hydrolysis) is 1. The number of methoxy groups -OCH3 is 1. The van der Waals surface area contributed by atoms with Gasteiger partial charge in [-0.3, -0.25) is 4.79 Å². The van der Waals surface area contributed by atoms with Crippen LogP contribution in [0.5, 0.6) is 0 Å². The molecule has 2 amide bonds. The van der Waals surface area contributed by atoms with Gasteiger partial charge in [-0.2, -0.15) is 0 Å². The van der Waals surface area contributed by atoms with E-state index in [-0.39, 0.29) is 19.4 Å². The average molecular weight is 475 g/mol. The van der Waals surface area contributed by atoms with Gasteiger partial charge < -0.3 is 20.1 Å². The van der Waals surface area contributed by atoms with Crippen LogP contribution in [0.15, 0.2) is 84.9 Å². The minimum atomic E-state index is -0.953. The summed E-state index contributed by atoms with van der Waals surface area (Å²) >= 11 is 0. The van der Waals surface area contributed by atoms with Crippen LogP contribution in [0.2, 0.25) is 0 Å². The van der Waals surface area contributed by atoms with Gasteiger partial charge in [0.25, 0.3) is 0 Å². The lowest BCUT2D eigenvalue weighted by Crippen LogP contribution is -2.53. The number of benzene rings is 3. The molecular weight excluding hydrogens is 444 g/mol. The van der Waals surface area contributed by atoms with Gasteiger partial charge in [-0.15, -0.1) is 0 Å². The number of esters is 1. The third-order valence-electron chi connectivity index (χ3n) is 5.43. The van der Waals surface area contributed by atoms with Crippen LogP contribution in [0.4, 0.5) is 4.79 Å². The van der Waals surface area contributed by atoms with Gasteiger partial charge in [0.1, 0.15) is 18.7 Å². The van der Waals surface area contributed by atoms with Crippen molar-refractivity contribution in [3.8, 4) is 0 Å². The highest BCUT2D eigenvalue weighted by atomic mass is 16.5. The third kappa shape index (κ3) is 8.30. The van der Waals surface area contributed by atoms with E-state index in [1.165, 1.54) is 7.11 Å². The van der Waals surface area contributed by atoms with E-state index in [4.69, 9.17) is 9.47 Å². The molecular formula is C28H30N2O5. The molecule has 0 aromatic heterocycles. The van der Waals surface area contributed by atoms with Crippen molar-refractivity contribution < 1.29 is 23.9 Å². The number of aryl methyl sites for hydroxylation is 1. The molecule has 0 bridgehead atoms. The SMILES string of the molecule is COC(=O)[C@@H](Cc1cccc(C)c1)NC(=O)[C@@H](Cc1ccccc1)NC(=O)OCc1ccccc1. The van der Waals surface area contributed by atoms with Crippen molar-refractivity contribution in [3.05, 3.63) is 107 Å². The van der Waals surface area contributed by atoms with Crippen molar-refractivity contribution in [3.63, 3.8) is 0 Å². The topological polar surface area (TPSA) is 93.7 Å². The summed E-state index contributed by atoms with van der Waals surface area (Å²) in [5.41, 5.74) is 3.61. The number of nitrogens with one attached hydrogen (secondary N) is 2. The molecule has 35 heavy (non-hydrogen) atoms. The van der Waals surface area contributed by atoms with Crippen LogP contribution >= 0.6 is 0 Å². The van der Waals surface area contributed by atoms with Crippen LogP contribution in [0.25, 0.3) is 0 Å². The quantitative estimate of drug-likeness (QED) is 0.437. The van der Waals surface area contributed by atoms with E-state index >= 15 is 0 Å². The van der Waals surface area contributed by atoms with Gasteiger partial charge in [0, 0.05) is 12.8 Å². The number of amides is 2. The molecule has 0 saturated heterocycles. The summed E-state index contributed by atoms with van der Waals surface area (Å²) in [5.74, 6) is -1.07. The molecule has 0 aliphatic rings. The van der Waals surface area contributed by atoms with E-state index in [1.807, 2.05) is 91.9 Å². The lowest BCUT2D eigenvalue weighted by Gasteiger charge is -2.22. The van der Waals surface area contributed by atoms with Crippen LogP contribution in [-0.2, 0) is 38.5 Å². The summed E-state index contributed by atoms with van der Waals surface area (Å²) < 4.78 is 10.2. The minimum absolute atomic E-state index is 0.0739. The zero-order valence-corrected chi connectivity index (χ0v) is 19.9. The highest BCUT2D eigenvalue weighted by molar-refractivity contribution is 5.90. The van der Waals surface area contributed by atoms with Gasteiger partial charge in [0.05, 0.1) is 7.11 Å². The maximum Gasteiger partial charge on any atom is 0.408 e. The van der Waals surface area contributed by atoms with Crippen LogP contribution in [-0.4, -0.2) is 37.2 Å². The highest BCUT2D eigenvalue weighted by Crippen LogP contribution is 2.10. The van der Waals surface area contributed by atoms with E-state index in [0.29, 0.717) is 0 Å². The van der Waals surface area contributed by atoms with Gasteiger partial charge in [-0.05, 0) is 23.6 Å². The Labute approximate surface area is 205 Å². The fourth-order valence-corrected chi connectivity index (χ4v) is 3.65. The summed E-state index contributed by atoms with van der Waals surface area (Å²) in [7, 11) is 1.28. The zero-order valence-electron chi connectivity index (χ0n) is 19.9.